The second-order valence-electron chi connectivity index (χ2n) is 11.1. The molecule has 40 heavy (non-hydrogen) atoms. The highest BCUT2D eigenvalue weighted by molar-refractivity contribution is 7.12. The van der Waals surface area contributed by atoms with Gasteiger partial charge in [-0.2, -0.15) is 0 Å². The maximum atomic E-state index is 14.3. The molecule has 7 heteroatoms. The topological polar surface area (TPSA) is 80.5 Å². The van der Waals surface area contributed by atoms with E-state index < -0.39 is 29.8 Å². The first-order valence-corrected chi connectivity index (χ1v) is 15.0. The van der Waals surface area contributed by atoms with Gasteiger partial charge in [-0.25, -0.2) is 0 Å². The Morgan fingerprint density at radius 1 is 0.825 bits per heavy atom. The Labute approximate surface area is 243 Å². The fourth-order valence-electron chi connectivity index (χ4n) is 5.53. The second-order valence-corrected chi connectivity index (χ2v) is 13.0. The van der Waals surface area contributed by atoms with E-state index in [1.54, 1.807) is 23.1 Å². The van der Waals surface area contributed by atoms with E-state index in [1.807, 2.05) is 83.6 Å². The molecule has 2 aromatic carbocycles. The number of nitrogens with two attached hydrogens (primary N) is 1. The molecule has 0 saturated carbocycles. The molecule has 1 fully saturated rings. The Hall–Kier alpha value is -3.81. The van der Waals surface area contributed by atoms with E-state index in [9.17, 15) is 14.4 Å². The first kappa shape index (κ1) is 27.7. The fourth-order valence-corrected chi connectivity index (χ4v) is 6.91. The van der Waals surface area contributed by atoms with E-state index in [0.29, 0.717) is 9.75 Å². The van der Waals surface area contributed by atoms with Crippen molar-refractivity contribution in [2.45, 2.75) is 44.2 Å². The molecular weight excluding hydrogens is 537 g/mol. The molecule has 0 bridgehead atoms. The minimum atomic E-state index is -1.01. The number of rotatable bonds is 7. The molecule has 0 radical (unpaired) electrons. The zero-order chi connectivity index (χ0) is 28.4. The predicted octanol–water partition coefficient (Wildman–Crippen LogP) is 6.78. The molecule has 2 N–H and O–H groups in total. The van der Waals surface area contributed by atoms with Gasteiger partial charge >= 0.3 is 0 Å². The highest BCUT2D eigenvalue weighted by Gasteiger charge is 2.56. The van der Waals surface area contributed by atoms with E-state index in [4.69, 9.17) is 5.73 Å². The standard InChI is InChI=1S/C33H32N2O3S2/c1-33(2,3)23-16-14-22(15-17-23)27-28(30(36)25-11-7-19-39-25)24(18-13-21-9-5-4-6-10-21)35(29(27)31(34)37)32(38)26-12-8-20-40-26/h4-20,24,27-29H,1-3H3,(H2,34,37). The molecule has 204 valence electrons. The zero-order valence-electron chi connectivity index (χ0n) is 22.7. The maximum Gasteiger partial charge on any atom is 0.265 e. The van der Waals surface area contributed by atoms with Gasteiger partial charge in [-0.1, -0.05) is 99.7 Å². The summed E-state index contributed by atoms with van der Waals surface area (Å²) in [6, 6.07) is 23.3. The predicted molar refractivity (Wildman–Crippen MR) is 163 cm³/mol. The number of benzene rings is 2. The van der Waals surface area contributed by atoms with Crippen LogP contribution in [0.25, 0.3) is 6.08 Å². The van der Waals surface area contributed by atoms with Crippen molar-refractivity contribution in [2.75, 3.05) is 0 Å². The van der Waals surface area contributed by atoms with Crippen LogP contribution in [0.1, 0.15) is 62.7 Å². The second kappa shape index (κ2) is 11.4. The Morgan fingerprint density at radius 3 is 2.00 bits per heavy atom. The molecule has 0 aliphatic carbocycles. The van der Waals surface area contributed by atoms with Gasteiger partial charge in [0.25, 0.3) is 5.91 Å². The van der Waals surface area contributed by atoms with E-state index in [0.717, 1.165) is 16.7 Å². The monoisotopic (exact) mass is 568 g/mol. The third-order valence-electron chi connectivity index (χ3n) is 7.49. The quantitative estimate of drug-likeness (QED) is 0.250. The minimum absolute atomic E-state index is 0.0639. The first-order chi connectivity index (χ1) is 19.2. The Bertz CT molecular complexity index is 1500. The van der Waals surface area contributed by atoms with E-state index in [-0.39, 0.29) is 17.1 Å². The van der Waals surface area contributed by atoms with Crippen LogP contribution in [0.4, 0.5) is 0 Å². The van der Waals surface area contributed by atoms with Gasteiger partial charge in [0, 0.05) is 5.92 Å². The summed E-state index contributed by atoms with van der Waals surface area (Å²) in [5, 5.41) is 3.69. The number of ketones is 1. The van der Waals surface area contributed by atoms with Gasteiger partial charge < -0.3 is 10.6 Å². The summed E-state index contributed by atoms with van der Waals surface area (Å²) in [6.07, 6.45) is 3.80. The van der Waals surface area contributed by atoms with Crippen molar-refractivity contribution in [1.29, 1.82) is 0 Å². The lowest BCUT2D eigenvalue weighted by Crippen LogP contribution is -2.48. The van der Waals surface area contributed by atoms with Crippen LogP contribution in [-0.2, 0) is 10.2 Å². The van der Waals surface area contributed by atoms with E-state index in [1.165, 1.54) is 22.7 Å². The first-order valence-electron chi connectivity index (χ1n) is 13.2. The molecule has 2 aromatic heterocycles. The van der Waals surface area contributed by atoms with Crippen molar-refractivity contribution in [3.8, 4) is 0 Å². The highest BCUT2D eigenvalue weighted by Crippen LogP contribution is 2.46. The van der Waals surface area contributed by atoms with Crippen molar-refractivity contribution >= 4 is 46.3 Å². The normalized spacial score (nSPS) is 21.1. The molecule has 1 saturated heterocycles. The number of hydrogen-bond donors (Lipinski definition) is 1. The third-order valence-corrected chi connectivity index (χ3v) is 9.23. The molecule has 1 aliphatic rings. The summed E-state index contributed by atoms with van der Waals surface area (Å²) in [5.41, 5.74) is 8.91. The van der Waals surface area contributed by atoms with Crippen LogP contribution < -0.4 is 5.73 Å². The smallest absolute Gasteiger partial charge is 0.265 e. The van der Waals surface area contributed by atoms with Crippen LogP contribution >= 0.6 is 22.7 Å². The van der Waals surface area contributed by atoms with Crippen LogP contribution in [0.5, 0.6) is 0 Å². The number of hydrogen-bond acceptors (Lipinski definition) is 5. The lowest BCUT2D eigenvalue weighted by atomic mass is 9.77. The number of Topliss-reactive ketones (excluding diaryl/α,β-unsaturated/α-hetero) is 1. The minimum Gasteiger partial charge on any atom is -0.368 e. The summed E-state index contributed by atoms with van der Waals surface area (Å²) < 4.78 is 0. The van der Waals surface area contributed by atoms with Gasteiger partial charge in [0.05, 0.1) is 21.7 Å². The summed E-state index contributed by atoms with van der Waals surface area (Å²) in [6.45, 7) is 6.41. The number of carbonyl (C=O) groups is 3. The average molecular weight is 569 g/mol. The van der Waals surface area contributed by atoms with Crippen molar-refractivity contribution in [3.63, 3.8) is 0 Å². The number of amides is 2. The molecule has 0 spiro atoms. The molecule has 4 atom stereocenters. The van der Waals surface area contributed by atoms with Crippen LogP contribution in [0.3, 0.4) is 0 Å². The summed E-state index contributed by atoms with van der Waals surface area (Å²) in [4.78, 5) is 44.2. The van der Waals surface area contributed by atoms with Crippen molar-refractivity contribution in [2.24, 2.45) is 11.7 Å². The van der Waals surface area contributed by atoms with Gasteiger partial charge in [0.2, 0.25) is 5.91 Å². The number of nitrogens with zero attached hydrogens (tertiary/aromatic N) is 1. The van der Waals surface area contributed by atoms with Crippen LogP contribution in [0.2, 0.25) is 0 Å². The van der Waals surface area contributed by atoms with E-state index >= 15 is 0 Å². The highest BCUT2D eigenvalue weighted by atomic mass is 32.1. The van der Waals surface area contributed by atoms with Gasteiger partial charge in [-0.3, -0.25) is 14.4 Å². The number of primary amides is 1. The number of likely N-dealkylation sites (tertiary alicyclic amines) is 1. The Morgan fingerprint density at radius 2 is 1.45 bits per heavy atom. The van der Waals surface area contributed by atoms with Crippen LogP contribution in [0.15, 0.2) is 95.7 Å². The lowest BCUT2D eigenvalue weighted by molar-refractivity contribution is -0.122. The molecule has 5 nitrogen and oxygen atoms in total. The van der Waals surface area contributed by atoms with Crippen molar-refractivity contribution < 1.29 is 14.4 Å². The molecule has 5 rings (SSSR count). The number of carbonyl (C=O) groups excluding carboxylic acids is 3. The Kier molecular flexibility index (Phi) is 7.88. The summed E-state index contributed by atoms with van der Waals surface area (Å²) in [7, 11) is 0. The van der Waals surface area contributed by atoms with Gasteiger partial charge in [0.15, 0.2) is 5.78 Å². The average Bonchev–Trinajstić information content (AvgIpc) is 3.71. The van der Waals surface area contributed by atoms with Crippen LogP contribution in [0, 0.1) is 5.92 Å². The largest absolute Gasteiger partial charge is 0.368 e. The lowest BCUT2D eigenvalue weighted by Gasteiger charge is -2.28. The maximum absolute atomic E-state index is 14.3. The van der Waals surface area contributed by atoms with Gasteiger partial charge in [-0.05, 0) is 45.0 Å². The molecule has 3 heterocycles. The van der Waals surface area contributed by atoms with Crippen LogP contribution in [-0.4, -0.2) is 34.6 Å². The van der Waals surface area contributed by atoms with Gasteiger partial charge in [-0.15, -0.1) is 22.7 Å². The Balaban J connectivity index is 1.70. The molecule has 4 aromatic rings. The number of thiophene rings is 2. The SMILES string of the molecule is CC(C)(C)c1ccc(C2C(C(=O)c3cccs3)C(C=Cc3ccccc3)N(C(=O)c3cccs3)C2C(N)=O)cc1. The van der Waals surface area contributed by atoms with Crippen molar-refractivity contribution in [1.82, 2.24) is 4.90 Å². The zero-order valence-corrected chi connectivity index (χ0v) is 24.3. The van der Waals surface area contributed by atoms with E-state index in [2.05, 4.69) is 20.8 Å². The summed E-state index contributed by atoms with van der Waals surface area (Å²) >= 11 is 2.67. The third kappa shape index (κ3) is 5.44. The molecule has 1 aliphatic heterocycles. The van der Waals surface area contributed by atoms with Crippen molar-refractivity contribution in [3.05, 3.63) is 122 Å². The van der Waals surface area contributed by atoms with Gasteiger partial charge in [0.1, 0.15) is 6.04 Å². The molecule has 4 unspecified atom stereocenters. The molecular formula is C33H32N2O3S2. The fraction of sp³-hybridized carbons (Fsp3) is 0.242. The summed E-state index contributed by atoms with van der Waals surface area (Å²) in [5.74, 6) is -2.36. The molecule has 2 amide bonds.